The van der Waals surface area contributed by atoms with Crippen LogP contribution in [0.25, 0.3) is 10.9 Å². The number of H-pyrrole nitrogens is 1. The molecule has 6 heteroatoms. The molecule has 3 aromatic rings. The molecule has 0 bridgehead atoms. The Bertz CT molecular complexity index is 976. The molecule has 0 saturated heterocycles. The number of carbonyl (C=O) groups excluding carboxylic acids is 2. The van der Waals surface area contributed by atoms with Gasteiger partial charge in [0.05, 0.1) is 7.11 Å². The summed E-state index contributed by atoms with van der Waals surface area (Å²) in [4.78, 5) is 27.7. The van der Waals surface area contributed by atoms with Crippen molar-refractivity contribution in [2.45, 2.75) is 32.2 Å². The number of para-hydroxylation sites is 1. The van der Waals surface area contributed by atoms with Gasteiger partial charge in [0, 0.05) is 23.5 Å². The molecule has 2 N–H and O–H groups in total. The number of aromatic nitrogens is 1. The van der Waals surface area contributed by atoms with E-state index in [1.165, 1.54) is 12.7 Å². The van der Waals surface area contributed by atoms with E-state index in [9.17, 15) is 9.59 Å². The van der Waals surface area contributed by atoms with Crippen LogP contribution in [-0.2, 0) is 20.7 Å². The Kier molecular flexibility index (Phi) is 6.54. The molecule has 0 fully saturated rings. The fourth-order valence-corrected chi connectivity index (χ4v) is 3.19. The molecule has 0 radical (unpaired) electrons. The van der Waals surface area contributed by atoms with E-state index in [0.717, 1.165) is 16.5 Å². The largest absolute Gasteiger partial charge is 0.484 e. The average Bonchev–Trinajstić information content (AvgIpc) is 3.14. The monoisotopic (exact) mass is 394 g/mol. The van der Waals surface area contributed by atoms with E-state index < -0.39 is 12.0 Å². The first-order valence-corrected chi connectivity index (χ1v) is 9.63. The second kappa shape index (κ2) is 9.28. The third-order valence-corrected chi connectivity index (χ3v) is 4.84. The van der Waals surface area contributed by atoms with E-state index in [0.29, 0.717) is 18.1 Å². The van der Waals surface area contributed by atoms with Crippen LogP contribution in [0.2, 0.25) is 0 Å². The zero-order valence-electron chi connectivity index (χ0n) is 16.9. The minimum atomic E-state index is -0.793. The van der Waals surface area contributed by atoms with Crippen LogP contribution in [0.3, 0.4) is 0 Å². The lowest BCUT2D eigenvalue weighted by Gasteiger charge is -2.16. The minimum absolute atomic E-state index is 0.178. The van der Waals surface area contributed by atoms with Crippen LogP contribution in [0.5, 0.6) is 5.75 Å². The Balaban J connectivity index is 1.62. The van der Waals surface area contributed by atoms with Gasteiger partial charge >= 0.3 is 5.97 Å². The Morgan fingerprint density at radius 3 is 2.48 bits per heavy atom. The van der Waals surface area contributed by atoms with Crippen molar-refractivity contribution >= 4 is 22.8 Å². The molecule has 0 saturated carbocycles. The zero-order chi connectivity index (χ0) is 20.8. The number of amides is 1. The van der Waals surface area contributed by atoms with Crippen LogP contribution < -0.4 is 10.1 Å². The molecule has 2 aromatic carbocycles. The number of nitrogens with one attached hydrogen (secondary N) is 2. The molecule has 1 aromatic heterocycles. The lowest BCUT2D eigenvalue weighted by Crippen LogP contribution is -2.44. The van der Waals surface area contributed by atoms with E-state index in [1.54, 1.807) is 0 Å². The third-order valence-electron chi connectivity index (χ3n) is 4.84. The molecule has 1 unspecified atom stereocenters. The maximum absolute atomic E-state index is 12.4. The predicted molar refractivity (Wildman–Crippen MR) is 112 cm³/mol. The highest BCUT2D eigenvalue weighted by molar-refractivity contribution is 5.87. The number of esters is 1. The van der Waals surface area contributed by atoms with Crippen molar-refractivity contribution in [2.75, 3.05) is 13.7 Å². The van der Waals surface area contributed by atoms with Crippen LogP contribution in [0, 0.1) is 0 Å². The quantitative estimate of drug-likeness (QED) is 0.573. The summed E-state index contributed by atoms with van der Waals surface area (Å²) in [5.41, 5.74) is 3.11. The predicted octanol–water partition coefficient (Wildman–Crippen LogP) is 3.57. The molecule has 1 heterocycles. The number of fused-ring (bicyclic) bond motifs is 1. The summed E-state index contributed by atoms with van der Waals surface area (Å²) < 4.78 is 10.4. The number of hydrogen-bond donors (Lipinski definition) is 2. The summed E-state index contributed by atoms with van der Waals surface area (Å²) in [6.45, 7) is 4.05. The summed E-state index contributed by atoms with van der Waals surface area (Å²) in [6, 6.07) is 14.6. The summed E-state index contributed by atoms with van der Waals surface area (Å²) >= 11 is 0. The summed E-state index contributed by atoms with van der Waals surface area (Å²) in [6.07, 6.45) is 2.17. The normalized spacial score (nSPS) is 12.0. The van der Waals surface area contributed by atoms with Crippen molar-refractivity contribution in [2.24, 2.45) is 0 Å². The van der Waals surface area contributed by atoms with E-state index in [4.69, 9.17) is 9.47 Å². The maximum Gasteiger partial charge on any atom is 0.328 e. The maximum atomic E-state index is 12.4. The Morgan fingerprint density at radius 2 is 1.79 bits per heavy atom. The van der Waals surface area contributed by atoms with Crippen molar-refractivity contribution in [3.05, 3.63) is 65.9 Å². The van der Waals surface area contributed by atoms with Crippen LogP contribution in [0.4, 0.5) is 0 Å². The van der Waals surface area contributed by atoms with Crippen molar-refractivity contribution in [1.82, 2.24) is 10.3 Å². The summed E-state index contributed by atoms with van der Waals surface area (Å²) in [5.74, 6) is 0.159. The Hall–Kier alpha value is -3.28. The van der Waals surface area contributed by atoms with E-state index in [-0.39, 0.29) is 12.5 Å². The summed E-state index contributed by atoms with van der Waals surface area (Å²) in [7, 11) is 1.31. The summed E-state index contributed by atoms with van der Waals surface area (Å²) in [5, 5.41) is 3.73. The fraction of sp³-hybridized carbons (Fsp3) is 0.304. The van der Waals surface area contributed by atoms with Crippen LogP contribution in [0.1, 0.15) is 30.9 Å². The first-order chi connectivity index (χ1) is 14.0. The second-order valence-electron chi connectivity index (χ2n) is 7.22. The van der Waals surface area contributed by atoms with Gasteiger partial charge in [-0.1, -0.05) is 44.2 Å². The number of carbonyl (C=O) groups is 2. The number of ether oxygens (including phenoxy) is 2. The highest BCUT2D eigenvalue weighted by Crippen LogP contribution is 2.20. The van der Waals surface area contributed by atoms with Crippen molar-refractivity contribution in [1.29, 1.82) is 0 Å². The van der Waals surface area contributed by atoms with Gasteiger partial charge in [0.25, 0.3) is 5.91 Å². The fourth-order valence-electron chi connectivity index (χ4n) is 3.19. The van der Waals surface area contributed by atoms with Gasteiger partial charge in [-0.15, -0.1) is 0 Å². The number of methoxy groups -OCH3 is 1. The van der Waals surface area contributed by atoms with Crippen LogP contribution >= 0.6 is 0 Å². The van der Waals surface area contributed by atoms with Crippen molar-refractivity contribution < 1.29 is 19.1 Å². The zero-order valence-corrected chi connectivity index (χ0v) is 16.9. The molecule has 0 aliphatic carbocycles. The second-order valence-corrected chi connectivity index (χ2v) is 7.22. The Morgan fingerprint density at radius 1 is 1.07 bits per heavy atom. The molecule has 1 atom stereocenters. The molecule has 3 rings (SSSR count). The van der Waals surface area contributed by atoms with Gasteiger partial charge in [0.2, 0.25) is 0 Å². The lowest BCUT2D eigenvalue weighted by atomic mass is 10.0. The number of aromatic amines is 1. The molecule has 152 valence electrons. The standard InChI is InChI=1S/C23H26N2O4/c1-15(2)16-8-10-18(11-9-16)29-14-22(26)25-21(23(27)28-3)12-17-13-24-20-7-5-4-6-19(17)20/h4-11,13,15,21,24H,12,14H2,1-3H3,(H,25,26). The highest BCUT2D eigenvalue weighted by Gasteiger charge is 2.23. The molecule has 0 aliphatic heterocycles. The van der Waals surface area contributed by atoms with Crippen molar-refractivity contribution in [3.8, 4) is 5.75 Å². The minimum Gasteiger partial charge on any atom is -0.484 e. The molecule has 0 aliphatic rings. The molecule has 29 heavy (non-hydrogen) atoms. The first-order valence-electron chi connectivity index (χ1n) is 9.63. The first kappa shape index (κ1) is 20.5. The van der Waals surface area contributed by atoms with Gasteiger partial charge in [-0.3, -0.25) is 4.79 Å². The number of benzene rings is 2. The van der Waals surface area contributed by atoms with E-state index in [2.05, 4.69) is 24.1 Å². The molecule has 1 amide bonds. The topological polar surface area (TPSA) is 80.4 Å². The van der Waals surface area contributed by atoms with Gasteiger partial charge in [-0.05, 0) is 35.2 Å². The third kappa shape index (κ3) is 5.16. The average molecular weight is 394 g/mol. The smallest absolute Gasteiger partial charge is 0.328 e. The van der Waals surface area contributed by atoms with E-state index >= 15 is 0 Å². The number of rotatable bonds is 8. The van der Waals surface area contributed by atoms with Gasteiger partial charge in [-0.25, -0.2) is 4.79 Å². The van der Waals surface area contributed by atoms with Crippen molar-refractivity contribution in [3.63, 3.8) is 0 Å². The van der Waals surface area contributed by atoms with Crippen LogP contribution in [0.15, 0.2) is 54.7 Å². The molecular formula is C23H26N2O4. The van der Waals surface area contributed by atoms with Gasteiger partial charge < -0.3 is 19.8 Å². The lowest BCUT2D eigenvalue weighted by molar-refractivity contribution is -0.145. The van der Waals surface area contributed by atoms with Crippen LogP contribution in [-0.4, -0.2) is 36.6 Å². The molecule has 0 spiro atoms. The Labute approximate surface area is 170 Å². The molecule has 6 nitrogen and oxygen atoms in total. The highest BCUT2D eigenvalue weighted by atomic mass is 16.5. The number of hydrogen-bond acceptors (Lipinski definition) is 4. The van der Waals surface area contributed by atoms with E-state index in [1.807, 2.05) is 54.7 Å². The van der Waals surface area contributed by atoms with Gasteiger partial charge in [0.1, 0.15) is 11.8 Å². The SMILES string of the molecule is COC(=O)C(Cc1c[nH]c2ccccc12)NC(=O)COc1ccc(C(C)C)cc1. The van der Waals surface area contributed by atoms with Gasteiger partial charge in [0.15, 0.2) is 6.61 Å². The van der Waals surface area contributed by atoms with Gasteiger partial charge in [-0.2, -0.15) is 0 Å². The molecular weight excluding hydrogens is 368 g/mol.